The van der Waals surface area contributed by atoms with Gasteiger partial charge in [-0.3, -0.25) is 15.2 Å². The molecule has 0 unspecified atom stereocenters. The van der Waals surface area contributed by atoms with E-state index in [4.69, 9.17) is 33.2 Å². The molecule has 0 aliphatic heterocycles. The minimum Gasteiger partial charge on any atom is -0.483 e. The lowest BCUT2D eigenvalue weighted by molar-refractivity contribution is -0.153. The van der Waals surface area contributed by atoms with Gasteiger partial charge in [0, 0.05) is 23.1 Å². The predicted molar refractivity (Wildman–Crippen MR) is 108 cm³/mol. The maximum atomic E-state index is 14.8. The van der Waals surface area contributed by atoms with E-state index < -0.39 is 41.0 Å². The first-order chi connectivity index (χ1) is 14.3. The minimum absolute atomic E-state index is 0.0327. The fourth-order valence-corrected chi connectivity index (χ4v) is 2.60. The standard InChI is InChI=1S/C19H18ClF4N5O2/c1-8-6-28-14(5-13(8)26)10-4-15(31-7-19(22,23)24)11(3-12(10)21)18(30)29-16(9(2)25)17(20)27/h3-6,27H,7,25H2,1-2H3,(H2,26,28)(H,29,30). The number of benzene rings is 1. The summed E-state index contributed by atoms with van der Waals surface area (Å²) in [4.78, 5) is 16.6. The summed E-state index contributed by atoms with van der Waals surface area (Å²) >= 11 is 5.55. The number of ether oxygens (including phenoxy) is 1. The summed E-state index contributed by atoms with van der Waals surface area (Å²) in [6, 6.07) is 2.95. The van der Waals surface area contributed by atoms with E-state index in [1.54, 1.807) is 6.92 Å². The van der Waals surface area contributed by atoms with Crippen molar-refractivity contribution in [2.45, 2.75) is 20.0 Å². The summed E-state index contributed by atoms with van der Waals surface area (Å²) in [5.41, 5.74) is 11.2. The molecule has 1 aromatic heterocycles. The van der Waals surface area contributed by atoms with E-state index in [1.165, 1.54) is 19.2 Å². The number of alkyl halides is 3. The Kier molecular flexibility index (Phi) is 7.11. The van der Waals surface area contributed by atoms with Gasteiger partial charge in [0.2, 0.25) is 0 Å². The van der Waals surface area contributed by atoms with E-state index in [9.17, 15) is 22.4 Å². The summed E-state index contributed by atoms with van der Waals surface area (Å²) < 4.78 is 57.6. The van der Waals surface area contributed by atoms with Crippen molar-refractivity contribution in [2.24, 2.45) is 5.73 Å². The molecule has 0 saturated carbocycles. The number of allylic oxidation sites excluding steroid dienone is 2. The van der Waals surface area contributed by atoms with Crippen molar-refractivity contribution in [3.8, 4) is 17.0 Å². The van der Waals surface area contributed by atoms with Crippen LogP contribution in [0.25, 0.3) is 11.3 Å². The van der Waals surface area contributed by atoms with E-state index in [0.717, 1.165) is 6.07 Å². The van der Waals surface area contributed by atoms with Crippen LogP contribution in [0.2, 0.25) is 0 Å². The van der Waals surface area contributed by atoms with Gasteiger partial charge in [0.25, 0.3) is 5.91 Å². The summed E-state index contributed by atoms with van der Waals surface area (Å²) in [6.45, 7) is 1.28. The molecule has 7 nitrogen and oxygen atoms in total. The average molecular weight is 460 g/mol. The predicted octanol–water partition coefficient (Wildman–Crippen LogP) is 3.86. The van der Waals surface area contributed by atoms with E-state index >= 15 is 0 Å². The van der Waals surface area contributed by atoms with Crippen LogP contribution >= 0.6 is 11.6 Å². The number of aryl methyl sites for hydroxylation is 1. The van der Waals surface area contributed by atoms with Gasteiger partial charge in [-0.15, -0.1) is 0 Å². The monoisotopic (exact) mass is 459 g/mol. The van der Waals surface area contributed by atoms with Crippen LogP contribution in [0.1, 0.15) is 22.8 Å². The molecule has 0 aliphatic carbocycles. The Morgan fingerprint density at radius 3 is 2.48 bits per heavy atom. The molecule has 2 aromatic rings. The third-order valence-electron chi connectivity index (χ3n) is 3.98. The van der Waals surface area contributed by atoms with Gasteiger partial charge in [-0.25, -0.2) is 4.39 Å². The van der Waals surface area contributed by atoms with Crippen molar-refractivity contribution in [2.75, 3.05) is 12.3 Å². The molecule has 31 heavy (non-hydrogen) atoms. The van der Waals surface area contributed by atoms with Crippen LogP contribution in [0.5, 0.6) is 5.75 Å². The van der Waals surface area contributed by atoms with Crippen molar-refractivity contribution < 1.29 is 27.1 Å². The van der Waals surface area contributed by atoms with Crippen molar-refractivity contribution in [3.05, 3.63) is 52.7 Å². The number of carbonyl (C=O) groups is 1. The lowest BCUT2D eigenvalue weighted by Gasteiger charge is -2.16. The van der Waals surface area contributed by atoms with Crippen LogP contribution < -0.4 is 21.5 Å². The van der Waals surface area contributed by atoms with Crippen LogP contribution in [-0.4, -0.2) is 28.8 Å². The summed E-state index contributed by atoms with van der Waals surface area (Å²) in [6.07, 6.45) is -3.35. The smallest absolute Gasteiger partial charge is 0.422 e. The molecular formula is C19H18ClF4N5O2. The number of anilines is 1. The van der Waals surface area contributed by atoms with Crippen molar-refractivity contribution in [1.29, 1.82) is 5.41 Å². The number of nitrogens with one attached hydrogen (secondary N) is 2. The first-order valence-corrected chi connectivity index (χ1v) is 8.95. The molecule has 2 rings (SSSR count). The number of nitrogens with zero attached hydrogens (tertiary/aromatic N) is 1. The number of pyridine rings is 1. The second kappa shape index (κ2) is 9.21. The van der Waals surface area contributed by atoms with Gasteiger partial charge in [0.15, 0.2) is 6.61 Å². The molecule has 0 aliphatic rings. The van der Waals surface area contributed by atoms with Gasteiger partial charge >= 0.3 is 6.18 Å². The van der Waals surface area contributed by atoms with Gasteiger partial charge in [-0.05, 0) is 37.6 Å². The Labute approximate surface area is 179 Å². The molecule has 1 amide bonds. The fraction of sp³-hybridized carbons (Fsp3) is 0.211. The number of hydrogen-bond donors (Lipinski definition) is 4. The third-order valence-corrected chi connectivity index (χ3v) is 4.17. The van der Waals surface area contributed by atoms with Crippen molar-refractivity contribution in [3.63, 3.8) is 0 Å². The topological polar surface area (TPSA) is 127 Å². The van der Waals surface area contributed by atoms with E-state index in [-0.39, 0.29) is 28.3 Å². The highest BCUT2D eigenvalue weighted by atomic mass is 35.5. The van der Waals surface area contributed by atoms with Gasteiger partial charge < -0.3 is 21.5 Å². The van der Waals surface area contributed by atoms with Gasteiger partial charge in [0.1, 0.15) is 16.7 Å². The number of nitrogen functional groups attached to an aromatic ring is 1. The second-order valence-electron chi connectivity index (χ2n) is 6.48. The molecular weight excluding hydrogens is 442 g/mol. The molecule has 0 bridgehead atoms. The lowest BCUT2D eigenvalue weighted by Crippen LogP contribution is -2.29. The zero-order valence-corrected chi connectivity index (χ0v) is 17.1. The highest BCUT2D eigenvalue weighted by Gasteiger charge is 2.30. The minimum atomic E-state index is -4.72. The van der Waals surface area contributed by atoms with Crippen LogP contribution in [-0.2, 0) is 0 Å². The number of amides is 1. The van der Waals surface area contributed by atoms with E-state index in [0.29, 0.717) is 11.6 Å². The lowest BCUT2D eigenvalue weighted by atomic mass is 10.0. The zero-order valence-electron chi connectivity index (χ0n) is 16.3. The average Bonchev–Trinajstić information content (AvgIpc) is 2.65. The molecule has 0 spiro atoms. The fourth-order valence-electron chi connectivity index (χ4n) is 2.40. The first-order valence-electron chi connectivity index (χ1n) is 8.58. The number of halogens is 5. The summed E-state index contributed by atoms with van der Waals surface area (Å²) in [5, 5.41) is 8.96. The van der Waals surface area contributed by atoms with Crippen LogP contribution in [0, 0.1) is 18.2 Å². The quantitative estimate of drug-likeness (QED) is 0.385. The van der Waals surface area contributed by atoms with Crippen LogP contribution in [0.4, 0.5) is 23.2 Å². The summed E-state index contributed by atoms with van der Waals surface area (Å²) in [5.74, 6) is -2.61. The zero-order chi connectivity index (χ0) is 23.5. The number of rotatable bonds is 6. The summed E-state index contributed by atoms with van der Waals surface area (Å²) in [7, 11) is 0. The Hall–Kier alpha value is -3.34. The first kappa shape index (κ1) is 23.9. The van der Waals surface area contributed by atoms with Crippen molar-refractivity contribution in [1.82, 2.24) is 10.3 Å². The van der Waals surface area contributed by atoms with Gasteiger partial charge in [-0.1, -0.05) is 11.6 Å². The van der Waals surface area contributed by atoms with Crippen LogP contribution in [0.15, 0.2) is 35.8 Å². The largest absolute Gasteiger partial charge is 0.483 e. The Bertz CT molecular complexity index is 1070. The number of hydrogen-bond acceptors (Lipinski definition) is 6. The molecule has 166 valence electrons. The molecule has 0 radical (unpaired) electrons. The molecule has 0 fully saturated rings. The highest BCUT2D eigenvalue weighted by molar-refractivity contribution is 6.68. The molecule has 6 N–H and O–H groups in total. The normalized spacial score (nSPS) is 12.2. The van der Waals surface area contributed by atoms with Gasteiger partial charge in [0.05, 0.1) is 17.0 Å². The molecule has 0 saturated heterocycles. The second-order valence-corrected chi connectivity index (χ2v) is 6.86. The SMILES string of the molecule is CC(N)=C(NC(=O)c1cc(F)c(-c2cc(N)c(C)cn2)cc1OCC(F)(F)F)C(=N)Cl. The Morgan fingerprint density at radius 1 is 1.32 bits per heavy atom. The maximum absolute atomic E-state index is 14.8. The Balaban J connectivity index is 2.57. The van der Waals surface area contributed by atoms with E-state index in [2.05, 4.69) is 10.3 Å². The maximum Gasteiger partial charge on any atom is 0.422 e. The number of nitrogens with two attached hydrogens (primary N) is 2. The molecule has 12 heteroatoms. The number of aromatic nitrogens is 1. The van der Waals surface area contributed by atoms with Gasteiger partial charge in [-0.2, -0.15) is 13.2 Å². The highest BCUT2D eigenvalue weighted by Crippen LogP contribution is 2.32. The van der Waals surface area contributed by atoms with E-state index in [1.807, 2.05) is 0 Å². The molecule has 1 aromatic carbocycles. The molecule has 0 atom stereocenters. The Morgan fingerprint density at radius 2 is 1.97 bits per heavy atom. The van der Waals surface area contributed by atoms with Crippen molar-refractivity contribution >= 4 is 28.4 Å². The molecule has 1 heterocycles. The third kappa shape index (κ3) is 6.07. The van der Waals surface area contributed by atoms with Crippen LogP contribution in [0.3, 0.4) is 0 Å². The number of carbonyl (C=O) groups excluding carboxylic acids is 1.